The number of aliphatic imine (C=N–C) groups is 1. The largest absolute Gasteiger partial charge is 0.404 e. The van der Waals surface area contributed by atoms with Crippen LogP contribution in [0.4, 0.5) is 25.1 Å². The lowest BCUT2D eigenvalue weighted by Crippen LogP contribution is -2.41. The van der Waals surface area contributed by atoms with Crippen molar-refractivity contribution >= 4 is 29.3 Å². The zero-order valence-electron chi connectivity index (χ0n) is 18.2. The number of carbonyl (C=O) groups is 1. The number of nitrogens with zero attached hydrogens (tertiary/aromatic N) is 4. The summed E-state index contributed by atoms with van der Waals surface area (Å²) < 4.78 is 28.1. The Morgan fingerprint density at radius 1 is 1.34 bits per heavy atom. The number of aromatic amines is 1. The van der Waals surface area contributed by atoms with Gasteiger partial charge in [0.2, 0.25) is 0 Å². The number of urea groups is 1. The summed E-state index contributed by atoms with van der Waals surface area (Å²) in [6, 6.07) is 3.19. The smallest absolute Gasteiger partial charge is 0.317 e. The number of fused-ring (bicyclic) bond motifs is 2. The first-order valence-corrected chi connectivity index (χ1v) is 10.6. The molecule has 0 saturated heterocycles. The number of nitrogens with two attached hydrogens (primary N) is 1. The van der Waals surface area contributed by atoms with Crippen molar-refractivity contribution in [2.45, 2.75) is 32.2 Å². The zero-order valence-corrected chi connectivity index (χ0v) is 18.2. The fourth-order valence-electron chi connectivity index (χ4n) is 4.48. The number of aromatic nitrogens is 2. The normalized spacial score (nSPS) is 16.5. The van der Waals surface area contributed by atoms with Crippen LogP contribution >= 0.6 is 0 Å². The quantitative estimate of drug-likeness (QED) is 0.632. The van der Waals surface area contributed by atoms with Crippen molar-refractivity contribution in [1.82, 2.24) is 20.4 Å². The summed E-state index contributed by atoms with van der Waals surface area (Å²) in [5.41, 5.74) is 10.0. The molecule has 2 aromatic rings. The summed E-state index contributed by atoms with van der Waals surface area (Å²) in [7, 11) is 3.18. The number of nitrogens with one attached hydrogen (secondary N) is 2. The molecular formula is C22H27F2N7O. The van der Waals surface area contributed by atoms with Gasteiger partial charge in [0, 0.05) is 74.1 Å². The van der Waals surface area contributed by atoms with Crippen LogP contribution in [0.15, 0.2) is 23.3 Å². The zero-order chi connectivity index (χ0) is 22.8. The molecule has 1 aromatic carbocycles. The van der Waals surface area contributed by atoms with E-state index in [1.807, 2.05) is 4.90 Å². The van der Waals surface area contributed by atoms with Gasteiger partial charge in [0.15, 0.2) is 5.82 Å². The third-order valence-corrected chi connectivity index (χ3v) is 6.03. The maximum Gasteiger partial charge on any atom is 0.317 e. The number of H-pyrrole nitrogens is 1. The van der Waals surface area contributed by atoms with Crippen LogP contribution in [0.5, 0.6) is 0 Å². The average molecular weight is 444 g/mol. The number of alkyl halides is 2. The number of carbonyl (C=O) groups excluding carboxylic acids is 1. The van der Waals surface area contributed by atoms with Gasteiger partial charge in [-0.3, -0.25) is 10.1 Å². The SMILES string of the molecule is CN=CC(=CN)c1cc2c(cc1C(F)F)N(c1n[nH]c3c1CN(C(=O)NC)CC3)CCC2. The van der Waals surface area contributed by atoms with E-state index in [4.69, 9.17) is 5.73 Å². The molecule has 0 unspecified atom stereocenters. The summed E-state index contributed by atoms with van der Waals surface area (Å²) in [5.74, 6) is 0.687. The van der Waals surface area contributed by atoms with Gasteiger partial charge in [0.1, 0.15) is 0 Å². The first kappa shape index (κ1) is 21.8. The standard InChI is InChI=1S/C22H27F2N7O/c1-26-11-14(10-25)15-8-13-4-3-6-31(19(13)9-16(15)20(23)24)21-17-12-30(22(32)27-2)7-5-18(17)28-29-21/h8-11,20H,3-7,12,25H2,1-2H3,(H,27,32)(H,28,29). The van der Waals surface area contributed by atoms with Crippen LogP contribution in [0.2, 0.25) is 0 Å². The number of halogens is 2. The Balaban J connectivity index is 1.78. The molecular weight excluding hydrogens is 416 g/mol. The summed E-state index contributed by atoms with van der Waals surface area (Å²) in [6.45, 7) is 1.67. The molecule has 2 aliphatic heterocycles. The molecule has 3 heterocycles. The second kappa shape index (κ2) is 8.97. The van der Waals surface area contributed by atoms with Crippen molar-refractivity contribution in [3.05, 3.63) is 46.3 Å². The molecule has 2 amide bonds. The minimum Gasteiger partial charge on any atom is -0.404 e. The molecule has 4 N–H and O–H groups in total. The lowest BCUT2D eigenvalue weighted by atomic mass is 9.92. The van der Waals surface area contributed by atoms with Gasteiger partial charge < -0.3 is 20.9 Å². The van der Waals surface area contributed by atoms with Gasteiger partial charge in [-0.05, 0) is 36.1 Å². The summed E-state index contributed by atoms with van der Waals surface area (Å²) in [6.07, 6.45) is 2.41. The van der Waals surface area contributed by atoms with Crippen LogP contribution in [0.25, 0.3) is 5.57 Å². The third kappa shape index (κ3) is 3.80. The molecule has 170 valence electrons. The number of anilines is 2. The maximum absolute atomic E-state index is 14.1. The third-order valence-electron chi connectivity index (χ3n) is 6.03. The Kier molecular flexibility index (Phi) is 6.11. The fourth-order valence-corrected chi connectivity index (χ4v) is 4.48. The molecule has 0 spiro atoms. The minimum absolute atomic E-state index is 0.0939. The first-order chi connectivity index (χ1) is 15.5. The van der Waals surface area contributed by atoms with E-state index in [-0.39, 0.29) is 11.6 Å². The van der Waals surface area contributed by atoms with Crippen LogP contribution in [-0.2, 0) is 19.4 Å². The highest BCUT2D eigenvalue weighted by Gasteiger charge is 2.31. The number of hydrogen-bond donors (Lipinski definition) is 3. The van der Waals surface area contributed by atoms with Gasteiger partial charge in [-0.25, -0.2) is 13.6 Å². The number of aryl methyl sites for hydroxylation is 1. The summed E-state index contributed by atoms with van der Waals surface area (Å²) in [5, 5.41) is 10.3. The number of allylic oxidation sites excluding steroid dienone is 1. The Hall–Kier alpha value is -3.43. The maximum atomic E-state index is 14.1. The van der Waals surface area contributed by atoms with Crippen LogP contribution in [0.3, 0.4) is 0 Å². The molecule has 1 aromatic heterocycles. The van der Waals surface area contributed by atoms with Crippen molar-refractivity contribution in [3.8, 4) is 0 Å². The van der Waals surface area contributed by atoms with E-state index in [1.165, 1.54) is 12.4 Å². The fraction of sp³-hybridized carbons (Fsp3) is 0.409. The predicted molar refractivity (Wildman–Crippen MR) is 120 cm³/mol. The van der Waals surface area contributed by atoms with E-state index in [1.54, 1.807) is 31.1 Å². The molecule has 0 aliphatic carbocycles. The van der Waals surface area contributed by atoms with Crippen LogP contribution in [0, 0.1) is 0 Å². The molecule has 8 nitrogen and oxygen atoms in total. The van der Waals surface area contributed by atoms with Crippen LogP contribution in [-0.4, -0.2) is 54.5 Å². The second-order valence-electron chi connectivity index (χ2n) is 7.86. The molecule has 0 saturated carbocycles. The Morgan fingerprint density at radius 3 is 2.84 bits per heavy atom. The number of benzene rings is 1. The molecule has 4 rings (SSSR count). The van der Waals surface area contributed by atoms with E-state index in [9.17, 15) is 13.6 Å². The Morgan fingerprint density at radius 2 is 2.16 bits per heavy atom. The number of rotatable bonds is 4. The monoisotopic (exact) mass is 443 g/mol. The van der Waals surface area contributed by atoms with Gasteiger partial charge in [-0.15, -0.1) is 0 Å². The Labute approximate surface area is 185 Å². The van der Waals surface area contributed by atoms with Crippen molar-refractivity contribution in [1.29, 1.82) is 0 Å². The van der Waals surface area contributed by atoms with Gasteiger partial charge in [0.25, 0.3) is 6.43 Å². The topological polar surface area (TPSA) is 103 Å². The lowest BCUT2D eigenvalue weighted by Gasteiger charge is -2.33. The van der Waals surface area contributed by atoms with Crippen molar-refractivity contribution < 1.29 is 13.6 Å². The van der Waals surface area contributed by atoms with Crippen molar-refractivity contribution in [2.75, 3.05) is 32.1 Å². The number of hydrogen-bond acceptors (Lipinski definition) is 5. The van der Waals surface area contributed by atoms with Gasteiger partial charge in [0.05, 0.1) is 6.54 Å². The van der Waals surface area contributed by atoms with E-state index in [0.29, 0.717) is 48.7 Å². The van der Waals surface area contributed by atoms with Gasteiger partial charge >= 0.3 is 6.03 Å². The highest BCUT2D eigenvalue weighted by atomic mass is 19.3. The highest BCUT2D eigenvalue weighted by molar-refractivity contribution is 6.10. The second-order valence-corrected chi connectivity index (χ2v) is 7.86. The molecule has 0 atom stereocenters. The molecule has 0 radical (unpaired) electrons. The van der Waals surface area contributed by atoms with Crippen molar-refractivity contribution in [2.24, 2.45) is 10.7 Å². The van der Waals surface area contributed by atoms with E-state index < -0.39 is 6.43 Å². The molecule has 0 fully saturated rings. The molecule has 32 heavy (non-hydrogen) atoms. The van der Waals surface area contributed by atoms with E-state index >= 15 is 0 Å². The van der Waals surface area contributed by atoms with Gasteiger partial charge in [-0.1, -0.05) is 0 Å². The number of amides is 2. The van der Waals surface area contributed by atoms with Crippen LogP contribution in [0.1, 0.15) is 40.8 Å². The molecule has 2 aliphatic rings. The Bertz CT molecular complexity index is 1080. The predicted octanol–water partition coefficient (Wildman–Crippen LogP) is 3.13. The van der Waals surface area contributed by atoms with Crippen LogP contribution < -0.4 is 16.0 Å². The summed E-state index contributed by atoms with van der Waals surface area (Å²) in [4.78, 5) is 19.8. The minimum atomic E-state index is -2.67. The summed E-state index contributed by atoms with van der Waals surface area (Å²) >= 11 is 0. The van der Waals surface area contributed by atoms with E-state index in [2.05, 4.69) is 20.5 Å². The molecule has 10 heteroatoms. The van der Waals surface area contributed by atoms with Gasteiger partial charge in [-0.2, -0.15) is 5.10 Å². The van der Waals surface area contributed by atoms with Crippen molar-refractivity contribution in [3.63, 3.8) is 0 Å². The first-order valence-electron chi connectivity index (χ1n) is 10.6. The lowest BCUT2D eigenvalue weighted by molar-refractivity contribution is 0.151. The highest BCUT2D eigenvalue weighted by Crippen LogP contribution is 2.41. The van der Waals surface area contributed by atoms with E-state index in [0.717, 1.165) is 29.7 Å². The molecule has 0 bridgehead atoms. The average Bonchev–Trinajstić information content (AvgIpc) is 3.23.